The van der Waals surface area contributed by atoms with E-state index in [0.29, 0.717) is 26.1 Å². The van der Waals surface area contributed by atoms with E-state index in [1.807, 2.05) is 11.8 Å². The van der Waals surface area contributed by atoms with Crippen LogP contribution in [0.15, 0.2) is 0 Å². The molecule has 2 aliphatic heterocycles. The minimum absolute atomic E-state index is 0.0356. The van der Waals surface area contributed by atoms with E-state index in [1.165, 1.54) is 0 Å². The minimum atomic E-state index is -2.96. The van der Waals surface area contributed by atoms with Gasteiger partial charge in [-0.1, -0.05) is 0 Å². The van der Waals surface area contributed by atoms with E-state index < -0.39 is 9.84 Å². The molecular weight excluding hydrogens is 256 g/mol. The summed E-state index contributed by atoms with van der Waals surface area (Å²) >= 11 is 0. The lowest BCUT2D eigenvalue weighted by molar-refractivity contribution is -0.136. The zero-order valence-corrected chi connectivity index (χ0v) is 11.4. The number of aliphatic hydroxyl groups excluding tert-OH is 1. The van der Waals surface area contributed by atoms with Crippen molar-refractivity contribution in [1.82, 2.24) is 9.80 Å². The van der Waals surface area contributed by atoms with E-state index >= 15 is 0 Å². The fourth-order valence-electron chi connectivity index (χ4n) is 2.61. The third-order valence-electron chi connectivity index (χ3n) is 3.61. The Bertz CT molecular complexity index is 417. The van der Waals surface area contributed by atoms with Crippen LogP contribution in [0, 0.1) is 0 Å². The van der Waals surface area contributed by atoms with Gasteiger partial charge in [-0.25, -0.2) is 8.42 Å². The monoisotopic (exact) mass is 276 g/mol. The summed E-state index contributed by atoms with van der Waals surface area (Å²) in [4.78, 5) is 15.6. The summed E-state index contributed by atoms with van der Waals surface area (Å²) in [7, 11) is -2.96. The maximum Gasteiger partial charge on any atom is 0.237 e. The molecule has 0 spiro atoms. The number of rotatable bonds is 4. The molecule has 1 atom stereocenters. The van der Waals surface area contributed by atoms with Crippen LogP contribution in [-0.2, 0) is 14.6 Å². The van der Waals surface area contributed by atoms with Gasteiger partial charge in [-0.2, -0.15) is 0 Å². The van der Waals surface area contributed by atoms with E-state index in [0.717, 1.165) is 0 Å². The summed E-state index contributed by atoms with van der Waals surface area (Å²) in [6, 6.07) is -0.168. The molecular formula is C11H20N2O4S. The van der Waals surface area contributed by atoms with E-state index in [9.17, 15) is 13.2 Å². The smallest absolute Gasteiger partial charge is 0.237 e. The number of carbonyl (C=O) groups excluding carboxylic acids is 1. The fraction of sp³-hybridized carbons (Fsp3) is 0.909. The first-order valence-corrected chi connectivity index (χ1v) is 8.13. The van der Waals surface area contributed by atoms with Crippen molar-refractivity contribution in [2.24, 2.45) is 0 Å². The Hall–Kier alpha value is -0.660. The molecule has 6 nitrogen and oxygen atoms in total. The number of aliphatic hydroxyl groups is 1. The van der Waals surface area contributed by atoms with Crippen LogP contribution in [-0.4, -0.2) is 79.1 Å². The van der Waals surface area contributed by atoms with Gasteiger partial charge in [0.15, 0.2) is 9.84 Å². The van der Waals surface area contributed by atoms with Gasteiger partial charge in [-0.05, 0) is 13.3 Å². The molecule has 1 unspecified atom stereocenters. The first-order valence-electron chi connectivity index (χ1n) is 6.31. The number of hydrogen-bond donors (Lipinski definition) is 1. The van der Waals surface area contributed by atoms with Gasteiger partial charge in [0.25, 0.3) is 0 Å². The number of β-amino-alcohol motifs (C(OH)–C–C–N with tert-alkyl or cyclic N) is 1. The summed E-state index contributed by atoms with van der Waals surface area (Å²) < 4.78 is 22.9. The molecule has 2 aliphatic rings. The molecule has 2 heterocycles. The molecule has 0 aromatic heterocycles. The van der Waals surface area contributed by atoms with Crippen LogP contribution < -0.4 is 0 Å². The Morgan fingerprint density at radius 3 is 2.56 bits per heavy atom. The molecule has 0 aliphatic carbocycles. The molecule has 0 saturated carbocycles. The minimum Gasteiger partial charge on any atom is -0.390 e. The normalized spacial score (nSPS) is 28.0. The number of amides is 1. The van der Waals surface area contributed by atoms with Crippen molar-refractivity contribution in [2.45, 2.75) is 25.5 Å². The van der Waals surface area contributed by atoms with Crippen LogP contribution >= 0.6 is 0 Å². The van der Waals surface area contributed by atoms with Crippen LogP contribution in [0.25, 0.3) is 0 Å². The Kier molecular flexibility index (Phi) is 3.93. The van der Waals surface area contributed by atoms with Crippen molar-refractivity contribution in [2.75, 3.05) is 37.7 Å². The zero-order valence-electron chi connectivity index (χ0n) is 10.6. The SMILES string of the molecule is CCN(C(=O)CN1CC(O)C1)C1CCS(=O)(=O)C1. The number of nitrogens with zero attached hydrogens (tertiary/aromatic N) is 2. The van der Waals surface area contributed by atoms with Crippen LogP contribution in [0.1, 0.15) is 13.3 Å². The van der Waals surface area contributed by atoms with Gasteiger partial charge >= 0.3 is 0 Å². The van der Waals surface area contributed by atoms with Crippen molar-refractivity contribution in [3.8, 4) is 0 Å². The first kappa shape index (κ1) is 13.8. The third-order valence-corrected chi connectivity index (χ3v) is 5.36. The topological polar surface area (TPSA) is 77.9 Å². The van der Waals surface area contributed by atoms with E-state index in [-0.39, 0.29) is 36.1 Å². The average Bonchev–Trinajstić information content (AvgIpc) is 2.58. The Labute approximate surface area is 107 Å². The van der Waals surface area contributed by atoms with Gasteiger partial charge in [-0.3, -0.25) is 9.69 Å². The molecule has 2 fully saturated rings. The van der Waals surface area contributed by atoms with Crippen molar-refractivity contribution >= 4 is 15.7 Å². The van der Waals surface area contributed by atoms with Gasteiger partial charge in [0.1, 0.15) is 0 Å². The lowest BCUT2D eigenvalue weighted by Crippen LogP contribution is -2.55. The highest BCUT2D eigenvalue weighted by Crippen LogP contribution is 2.18. The van der Waals surface area contributed by atoms with Gasteiger partial charge in [0, 0.05) is 25.7 Å². The highest BCUT2D eigenvalue weighted by atomic mass is 32.2. The predicted octanol–water partition coefficient (Wildman–Crippen LogP) is -1.30. The van der Waals surface area contributed by atoms with Crippen LogP contribution in [0.2, 0.25) is 0 Å². The second-order valence-corrected chi connectivity index (χ2v) is 7.31. The van der Waals surface area contributed by atoms with Crippen molar-refractivity contribution in [3.05, 3.63) is 0 Å². The molecule has 2 saturated heterocycles. The summed E-state index contributed by atoms with van der Waals surface area (Å²) in [6.45, 7) is 3.75. The first-order chi connectivity index (χ1) is 8.41. The van der Waals surface area contributed by atoms with Crippen LogP contribution in [0.5, 0.6) is 0 Å². The second-order valence-electron chi connectivity index (χ2n) is 5.08. The molecule has 0 aromatic carbocycles. The standard InChI is InChI=1S/C11H20N2O4S/c1-2-13(9-3-4-18(16,17)8-9)11(15)7-12-5-10(14)6-12/h9-10,14H,2-8H2,1H3. The highest BCUT2D eigenvalue weighted by Gasteiger charge is 2.35. The number of likely N-dealkylation sites (tertiary alicyclic amines) is 1. The predicted molar refractivity (Wildman–Crippen MR) is 66.9 cm³/mol. The molecule has 0 bridgehead atoms. The van der Waals surface area contributed by atoms with E-state index in [1.54, 1.807) is 4.90 Å². The highest BCUT2D eigenvalue weighted by molar-refractivity contribution is 7.91. The van der Waals surface area contributed by atoms with Gasteiger partial charge in [0.05, 0.1) is 24.2 Å². The lowest BCUT2D eigenvalue weighted by atomic mass is 10.1. The summed E-state index contributed by atoms with van der Waals surface area (Å²) in [6.07, 6.45) is 0.226. The van der Waals surface area contributed by atoms with Gasteiger partial charge in [0.2, 0.25) is 5.91 Å². The van der Waals surface area contributed by atoms with Gasteiger partial charge < -0.3 is 10.0 Å². The second kappa shape index (κ2) is 5.14. The number of hydrogen-bond acceptors (Lipinski definition) is 5. The maximum atomic E-state index is 12.1. The van der Waals surface area contributed by atoms with Crippen LogP contribution in [0.3, 0.4) is 0 Å². The number of sulfone groups is 1. The maximum absolute atomic E-state index is 12.1. The lowest BCUT2D eigenvalue weighted by Gasteiger charge is -2.37. The van der Waals surface area contributed by atoms with Gasteiger partial charge in [-0.15, -0.1) is 0 Å². The molecule has 7 heteroatoms. The molecule has 0 radical (unpaired) electrons. The molecule has 18 heavy (non-hydrogen) atoms. The number of likely N-dealkylation sites (N-methyl/N-ethyl adjacent to an activating group) is 1. The van der Waals surface area contributed by atoms with E-state index in [4.69, 9.17) is 5.11 Å². The van der Waals surface area contributed by atoms with Crippen molar-refractivity contribution in [1.29, 1.82) is 0 Å². The largest absolute Gasteiger partial charge is 0.390 e. The molecule has 0 aromatic rings. The van der Waals surface area contributed by atoms with Crippen molar-refractivity contribution in [3.63, 3.8) is 0 Å². The summed E-state index contributed by atoms with van der Waals surface area (Å²) in [5, 5.41) is 9.16. The number of carbonyl (C=O) groups is 1. The Morgan fingerprint density at radius 1 is 1.44 bits per heavy atom. The fourth-order valence-corrected chi connectivity index (χ4v) is 4.34. The summed E-state index contributed by atoms with van der Waals surface area (Å²) in [5.41, 5.74) is 0. The zero-order chi connectivity index (χ0) is 13.3. The molecule has 104 valence electrons. The van der Waals surface area contributed by atoms with Crippen molar-refractivity contribution < 1.29 is 18.3 Å². The average molecular weight is 276 g/mol. The Balaban J connectivity index is 1.90. The molecule has 1 N–H and O–H groups in total. The quantitative estimate of drug-likeness (QED) is 0.690. The van der Waals surface area contributed by atoms with Crippen LogP contribution in [0.4, 0.5) is 0 Å². The Morgan fingerprint density at radius 2 is 2.11 bits per heavy atom. The van der Waals surface area contributed by atoms with E-state index in [2.05, 4.69) is 0 Å². The summed E-state index contributed by atoms with van der Waals surface area (Å²) in [5.74, 6) is 0.241. The molecule has 1 amide bonds. The molecule has 2 rings (SSSR count). The third kappa shape index (κ3) is 3.02.